The number of ether oxygens (including phenoxy) is 1. The average Bonchev–Trinajstić information content (AvgIpc) is 3.28. The number of pyridine rings is 1. The summed E-state index contributed by atoms with van der Waals surface area (Å²) in [6.07, 6.45) is 4.36. The molecule has 2 aromatic heterocycles. The lowest BCUT2D eigenvalue weighted by molar-refractivity contribution is -0.117. The largest absolute Gasteiger partial charge is 0.382 e. The predicted molar refractivity (Wildman–Crippen MR) is 116 cm³/mol. The molecule has 1 aliphatic heterocycles. The Bertz CT molecular complexity index is 1210. The van der Waals surface area contributed by atoms with Gasteiger partial charge in [-0.15, -0.1) is 0 Å². The molecule has 0 radical (unpaired) electrons. The van der Waals surface area contributed by atoms with Crippen LogP contribution in [0.15, 0.2) is 42.6 Å². The molecule has 2 fully saturated rings. The van der Waals surface area contributed by atoms with Crippen molar-refractivity contribution in [1.29, 1.82) is 0 Å². The lowest BCUT2D eigenvalue weighted by Gasteiger charge is -2.11. The van der Waals surface area contributed by atoms with Crippen LogP contribution in [0.3, 0.4) is 0 Å². The first-order chi connectivity index (χ1) is 15.0. The first-order valence-electron chi connectivity index (χ1n) is 10.4. The summed E-state index contributed by atoms with van der Waals surface area (Å²) in [6.45, 7) is 1.05. The molecule has 31 heavy (non-hydrogen) atoms. The van der Waals surface area contributed by atoms with Crippen LogP contribution in [-0.4, -0.2) is 43.3 Å². The van der Waals surface area contributed by atoms with Crippen LogP contribution >= 0.6 is 0 Å². The van der Waals surface area contributed by atoms with E-state index in [9.17, 15) is 13.2 Å². The van der Waals surface area contributed by atoms with Crippen molar-refractivity contribution in [3.8, 4) is 16.9 Å². The lowest BCUT2D eigenvalue weighted by atomic mass is 10.0. The third-order valence-corrected chi connectivity index (χ3v) is 6.91. The minimum atomic E-state index is -3.69. The highest BCUT2D eigenvalue weighted by Gasteiger charge is 2.30. The van der Waals surface area contributed by atoms with Crippen molar-refractivity contribution in [3.05, 3.63) is 42.6 Å². The number of anilines is 1. The summed E-state index contributed by atoms with van der Waals surface area (Å²) >= 11 is 0. The number of carbonyl (C=O) groups excluding carboxylic acids is 1. The Hall–Kier alpha value is -2.91. The summed E-state index contributed by atoms with van der Waals surface area (Å²) in [5.41, 5.74) is 2.42. The van der Waals surface area contributed by atoms with Gasteiger partial charge in [-0.25, -0.2) is 4.98 Å². The van der Waals surface area contributed by atoms with Crippen LogP contribution < -0.4 is 9.50 Å². The number of aromatic amines is 1. The van der Waals surface area contributed by atoms with Gasteiger partial charge in [0.25, 0.3) is 0 Å². The maximum atomic E-state index is 12.3. The summed E-state index contributed by atoms with van der Waals surface area (Å²) in [6, 6.07) is 10.6. The standard InChI is InChI=1S/C22H23N3O5S/c26-22(16-1-2-16)25-20-11-19(18-7-9-23-21(18)24-20)15-3-5-17(6-4-15)30-31(27,28)13-14-8-10-29-12-14/h3-7,9,11,14,16H,1-2,8,10,12-13H2,(H2,23,24,25,26). The van der Waals surface area contributed by atoms with Crippen molar-refractivity contribution in [1.82, 2.24) is 9.97 Å². The third kappa shape index (κ3) is 4.57. The van der Waals surface area contributed by atoms with Crippen molar-refractivity contribution >= 4 is 32.9 Å². The zero-order valence-electron chi connectivity index (χ0n) is 16.8. The van der Waals surface area contributed by atoms with E-state index in [-0.39, 0.29) is 29.2 Å². The van der Waals surface area contributed by atoms with Crippen LogP contribution in [-0.2, 0) is 19.6 Å². The summed E-state index contributed by atoms with van der Waals surface area (Å²) < 4.78 is 35.2. The van der Waals surface area contributed by atoms with Crippen LogP contribution in [0.4, 0.5) is 5.82 Å². The number of benzene rings is 1. The highest BCUT2D eigenvalue weighted by molar-refractivity contribution is 7.87. The topological polar surface area (TPSA) is 110 Å². The molecule has 3 heterocycles. The van der Waals surface area contributed by atoms with Crippen LogP contribution in [0, 0.1) is 11.8 Å². The zero-order valence-corrected chi connectivity index (χ0v) is 17.7. The van der Waals surface area contributed by atoms with Gasteiger partial charge in [-0.05, 0) is 54.7 Å². The number of nitrogens with one attached hydrogen (secondary N) is 2. The van der Waals surface area contributed by atoms with Gasteiger partial charge >= 0.3 is 10.1 Å². The molecule has 9 heteroatoms. The molecule has 1 aromatic carbocycles. The second-order valence-electron chi connectivity index (χ2n) is 8.12. The highest BCUT2D eigenvalue weighted by Crippen LogP contribution is 2.33. The second kappa shape index (κ2) is 7.97. The van der Waals surface area contributed by atoms with Gasteiger partial charge in [-0.3, -0.25) is 4.79 Å². The van der Waals surface area contributed by atoms with Gasteiger partial charge in [-0.1, -0.05) is 12.1 Å². The summed E-state index contributed by atoms with van der Waals surface area (Å²) in [7, 11) is -3.69. The molecule has 1 amide bonds. The van der Waals surface area contributed by atoms with Gasteiger partial charge in [-0.2, -0.15) is 8.42 Å². The van der Waals surface area contributed by atoms with Crippen LogP contribution in [0.25, 0.3) is 22.2 Å². The predicted octanol–water partition coefficient (Wildman–Crippen LogP) is 3.32. The quantitative estimate of drug-likeness (QED) is 0.544. The molecule has 1 saturated heterocycles. The normalized spacial score (nSPS) is 18.9. The molecule has 1 aliphatic carbocycles. The monoisotopic (exact) mass is 441 g/mol. The third-order valence-electron chi connectivity index (χ3n) is 5.58. The number of hydrogen-bond acceptors (Lipinski definition) is 6. The van der Waals surface area contributed by atoms with Crippen molar-refractivity contribution < 1.29 is 22.1 Å². The Morgan fingerprint density at radius 2 is 2.00 bits per heavy atom. The Morgan fingerprint density at radius 1 is 1.19 bits per heavy atom. The van der Waals surface area contributed by atoms with E-state index in [1.54, 1.807) is 30.5 Å². The number of nitrogens with zero attached hydrogens (tertiary/aromatic N) is 1. The fourth-order valence-corrected chi connectivity index (χ4v) is 5.10. The molecule has 1 atom stereocenters. The molecule has 0 bridgehead atoms. The van der Waals surface area contributed by atoms with Gasteiger partial charge < -0.3 is 19.2 Å². The average molecular weight is 442 g/mol. The summed E-state index contributed by atoms with van der Waals surface area (Å²) in [5, 5.41) is 3.80. The Morgan fingerprint density at radius 3 is 2.71 bits per heavy atom. The molecule has 2 N–H and O–H groups in total. The molecule has 1 unspecified atom stereocenters. The van der Waals surface area contributed by atoms with Crippen molar-refractivity contribution in [3.63, 3.8) is 0 Å². The van der Waals surface area contributed by atoms with E-state index in [0.717, 1.165) is 35.8 Å². The molecular formula is C22H23N3O5S. The SMILES string of the molecule is O=C(Nc1cc(-c2ccc(OS(=O)(=O)CC3CCOC3)cc2)c2cc[nH]c2n1)C1CC1. The van der Waals surface area contributed by atoms with E-state index >= 15 is 0 Å². The van der Waals surface area contributed by atoms with E-state index in [4.69, 9.17) is 8.92 Å². The maximum Gasteiger partial charge on any atom is 0.309 e. The minimum absolute atomic E-state index is 0.00836. The molecule has 2 aliphatic rings. The molecule has 1 saturated carbocycles. The summed E-state index contributed by atoms with van der Waals surface area (Å²) in [5.74, 6) is 0.762. The Balaban J connectivity index is 1.37. The van der Waals surface area contributed by atoms with Crippen LogP contribution in [0.5, 0.6) is 5.75 Å². The molecule has 5 rings (SSSR count). The fourth-order valence-electron chi connectivity index (χ4n) is 3.79. The van der Waals surface area contributed by atoms with Crippen molar-refractivity contribution in [2.45, 2.75) is 19.3 Å². The first kappa shape index (κ1) is 20.0. The van der Waals surface area contributed by atoms with E-state index in [2.05, 4.69) is 15.3 Å². The number of fused-ring (bicyclic) bond motifs is 1. The number of H-pyrrole nitrogens is 1. The smallest absolute Gasteiger partial charge is 0.309 e. The van der Waals surface area contributed by atoms with Gasteiger partial charge in [0.15, 0.2) is 0 Å². The van der Waals surface area contributed by atoms with Crippen molar-refractivity contribution in [2.75, 3.05) is 24.3 Å². The second-order valence-corrected chi connectivity index (χ2v) is 9.74. The van der Waals surface area contributed by atoms with E-state index in [1.807, 2.05) is 12.1 Å². The molecule has 0 spiro atoms. The van der Waals surface area contributed by atoms with Gasteiger partial charge in [0.05, 0.1) is 12.4 Å². The highest BCUT2D eigenvalue weighted by atomic mass is 32.2. The number of carbonyl (C=O) groups is 1. The summed E-state index contributed by atoms with van der Waals surface area (Å²) in [4.78, 5) is 19.7. The number of rotatable bonds is 7. The van der Waals surface area contributed by atoms with Gasteiger partial charge in [0.1, 0.15) is 17.2 Å². The van der Waals surface area contributed by atoms with Gasteiger partial charge in [0.2, 0.25) is 5.91 Å². The number of aromatic nitrogens is 2. The Kier molecular flexibility index (Phi) is 5.15. The van der Waals surface area contributed by atoms with Gasteiger partial charge in [0, 0.05) is 30.0 Å². The molecule has 3 aromatic rings. The molecule has 8 nitrogen and oxygen atoms in total. The fraction of sp³-hybridized carbons (Fsp3) is 0.364. The van der Waals surface area contributed by atoms with Crippen molar-refractivity contribution in [2.24, 2.45) is 11.8 Å². The zero-order chi connectivity index (χ0) is 21.4. The lowest BCUT2D eigenvalue weighted by Crippen LogP contribution is -2.21. The minimum Gasteiger partial charge on any atom is -0.382 e. The van der Waals surface area contributed by atoms with E-state index in [0.29, 0.717) is 24.7 Å². The molecular weight excluding hydrogens is 418 g/mol. The van der Waals surface area contributed by atoms with Crippen LogP contribution in [0.2, 0.25) is 0 Å². The maximum absolute atomic E-state index is 12.3. The molecule has 162 valence electrons. The van der Waals surface area contributed by atoms with Crippen LogP contribution in [0.1, 0.15) is 19.3 Å². The first-order valence-corrected chi connectivity index (χ1v) is 11.9. The Labute approximate surface area is 180 Å². The number of hydrogen-bond donors (Lipinski definition) is 2. The van der Waals surface area contributed by atoms with E-state index < -0.39 is 10.1 Å². The van der Waals surface area contributed by atoms with E-state index in [1.165, 1.54) is 0 Å². The number of amides is 1.